The molecule has 1 fully saturated rings. The molecule has 1 aliphatic heterocycles. The molecule has 0 bridgehead atoms. The SMILES string of the molecule is Cc1ccc(-c2ccc(/C=C3\SC(=O)N(Cc4ccccc4F)C3=O)o2)cc1Cl. The molecule has 7 heteroatoms. The first-order valence-corrected chi connectivity index (χ1v) is 9.97. The van der Waals surface area contributed by atoms with Crippen molar-refractivity contribution in [3.05, 3.63) is 87.2 Å². The number of rotatable bonds is 4. The van der Waals surface area contributed by atoms with Crippen LogP contribution in [-0.4, -0.2) is 16.0 Å². The maximum atomic E-state index is 13.9. The molecule has 3 aromatic rings. The normalized spacial score (nSPS) is 15.6. The molecule has 4 rings (SSSR count). The fraction of sp³-hybridized carbons (Fsp3) is 0.0909. The number of carbonyl (C=O) groups is 2. The summed E-state index contributed by atoms with van der Waals surface area (Å²) in [5.41, 5.74) is 2.06. The fourth-order valence-corrected chi connectivity index (χ4v) is 3.89. The largest absolute Gasteiger partial charge is 0.457 e. The average molecular weight is 428 g/mol. The van der Waals surface area contributed by atoms with Gasteiger partial charge in [0, 0.05) is 22.2 Å². The number of nitrogens with zero attached hydrogens (tertiary/aromatic N) is 1. The van der Waals surface area contributed by atoms with Gasteiger partial charge in [-0.05, 0) is 48.5 Å². The number of furan rings is 1. The zero-order valence-electron chi connectivity index (χ0n) is 15.3. The van der Waals surface area contributed by atoms with E-state index in [0.717, 1.165) is 27.8 Å². The minimum atomic E-state index is -0.473. The Morgan fingerprint density at radius 1 is 1.14 bits per heavy atom. The van der Waals surface area contributed by atoms with Crippen LogP contribution in [0.1, 0.15) is 16.9 Å². The van der Waals surface area contributed by atoms with Crippen molar-refractivity contribution in [2.24, 2.45) is 0 Å². The monoisotopic (exact) mass is 427 g/mol. The van der Waals surface area contributed by atoms with Crippen LogP contribution in [0.3, 0.4) is 0 Å². The Morgan fingerprint density at radius 3 is 2.69 bits per heavy atom. The number of benzene rings is 2. The minimum absolute atomic E-state index is 0.111. The van der Waals surface area contributed by atoms with Crippen molar-refractivity contribution >= 4 is 40.6 Å². The van der Waals surface area contributed by atoms with Gasteiger partial charge in [0.05, 0.1) is 11.4 Å². The minimum Gasteiger partial charge on any atom is -0.457 e. The molecule has 0 radical (unpaired) electrons. The van der Waals surface area contributed by atoms with E-state index in [1.165, 1.54) is 12.1 Å². The molecule has 0 unspecified atom stereocenters. The summed E-state index contributed by atoms with van der Waals surface area (Å²) in [5, 5.41) is 0.191. The van der Waals surface area contributed by atoms with Crippen molar-refractivity contribution in [2.75, 3.05) is 0 Å². The Bertz CT molecular complexity index is 1150. The van der Waals surface area contributed by atoms with Crippen molar-refractivity contribution in [3.63, 3.8) is 0 Å². The number of carbonyl (C=O) groups excluding carboxylic acids is 2. The molecule has 1 aliphatic rings. The van der Waals surface area contributed by atoms with Gasteiger partial charge >= 0.3 is 0 Å². The number of thioether (sulfide) groups is 1. The van der Waals surface area contributed by atoms with Crippen LogP contribution in [0.15, 0.2) is 63.9 Å². The Balaban J connectivity index is 1.55. The zero-order valence-corrected chi connectivity index (χ0v) is 16.9. The average Bonchev–Trinajstić information content (AvgIpc) is 3.26. The Hall–Kier alpha value is -2.83. The summed E-state index contributed by atoms with van der Waals surface area (Å²) in [6, 6.07) is 15.2. The summed E-state index contributed by atoms with van der Waals surface area (Å²) in [7, 11) is 0. The molecule has 1 saturated heterocycles. The first-order chi connectivity index (χ1) is 13.9. The van der Waals surface area contributed by atoms with E-state index in [1.807, 2.05) is 25.1 Å². The standard InChI is InChI=1S/C22H15ClFNO3S/c1-13-6-7-14(10-17(13)23)19-9-8-16(28-19)11-20-21(26)25(22(27)29-20)12-15-4-2-3-5-18(15)24/h2-11H,12H2,1H3/b20-11-. The summed E-state index contributed by atoms with van der Waals surface area (Å²) in [4.78, 5) is 26.1. The van der Waals surface area contributed by atoms with E-state index in [1.54, 1.807) is 30.3 Å². The van der Waals surface area contributed by atoms with E-state index in [2.05, 4.69) is 0 Å². The Labute approximate surface area is 176 Å². The summed E-state index contributed by atoms with van der Waals surface area (Å²) < 4.78 is 19.7. The highest BCUT2D eigenvalue weighted by Gasteiger charge is 2.35. The second kappa shape index (κ2) is 7.89. The number of halogens is 2. The quantitative estimate of drug-likeness (QED) is 0.459. The number of imide groups is 1. The predicted octanol–water partition coefficient (Wildman–Crippen LogP) is 6.28. The second-order valence-electron chi connectivity index (χ2n) is 6.53. The first-order valence-electron chi connectivity index (χ1n) is 8.77. The molecule has 2 amide bonds. The predicted molar refractivity (Wildman–Crippen MR) is 112 cm³/mol. The number of aryl methyl sites for hydroxylation is 1. The van der Waals surface area contributed by atoms with E-state index in [-0.39, 0.29) is 17.0 Å². The van der Waals surface area contributed by atoms with Crippen molar-refractivity contribution < 1.29 is 18.4 Å². The van der Waals surface area contributed by atoms with Gasteiger partial charge in [-0.15, -0.1) is 0 Å². The molecular formula is C22H15ClFNO3S. The van der Waals surface area contributed by atoms with E-state index < -0.39 is 17.0 Å². The Morgan fingerprint density at radius 2 is 1.93 bits per heavy atom. The van der Waals surface area contributed by atoms with Gasteiger partial charge < -0.3 is 4.42 Å². The van der Waals surface area contributed by atoms with E-state index in [4.69, 9.17) is 16.0 Å². The van der Waals surface area contributed by atoms with Gasteiger partial charge in [-0.1, -0.05) is 41.9 Å². The highest BCUT2D eigenvalue weighted by atomic mass is 35.5. The molecule has 1 aromatic heterocycles. The molecule has 0 saturated carbocycles. The van der Waals surface area contributed by atoms with Gasteiger partial charge in [0.25, 0.3) is 11.1 Å². The van der Waals surface area contributed by atoms with Crippen LogP contribution < -0.4 is 0 Å². The lowest BCUT2D eigenvalue weighted by Crippen LogP contribution is -2.27. The molecule has 146 valence electrons. The summed E-state index contributed by atoms with van der Waals surface area (Å²) in [6.07, 6.45) is 1.52. The highest BCUT2D eigenvalue weighted by molar-refractivity contribution is 8.18. The molecule has 2 aromatic carbocycles. The summed E-state index contributed by atoms with van der Waals surface area (Å²) in [6.45, 7) is 1.80. The van der Waals surface area contributed by atoms with Crippen molar-refractivity contribution in [2.45, 2.75) is 13.5 Å². The number of amides is 2. The fourth-order valence-electron chi connectivity index (χ4n) is 2.89. The topological polar surface area (TPSA) is 50.5 Å². The van der Waals surface area contributed by atoms with Gasteiger partial charge in [-0.3, -0.25) is 14.5 Å². The summed E-state index contributed by atoms with van der Waals surface area (Å²) in [5.74, 6) is 0.111. The molecule has 0 atom stereocenters. The van der Waals surface area contributed by atoms with Crippen molar-refractivity contribution in [1.82, 2.24) is 4.90 Å². The lowest BCUT2D eigenvalue weighted by Gasteiger charge is -2.12. The van der Waals surface area contributed by atoms with Gasteiger partial charge in [0.1, 0.15) is 17.3 Å². The Kier molecular flexibility index (Phi) is 5.30. The van der Waals surface area contributed by atoms with Crippen LogP contribution in [0, 0.1) is 12.7 Å². The summed E-state index contributed by atoms with van der Waals surface area (Å²) >= 11 is 6.97. The van der Waals surface area contributed by atoms with Gasteiger partial charge in [0.15, 0.2) is 0 Å². The van der Waals surface area contributed by atoms with E-state index in [0.29, 0.717) is 16.5 Å². The molecule has 29 heavy (non-hydrogen) atoms. The third-order valence-electron chi connectivity index (χ3n) is 4.52. The lowest BCUT2D eigenvalue weighted by molar-refractivity contribution is -0.123. The van der Waals surface area contributed by atoms with Crippen molar-refractivity contribution in [1.29, 1.82) is 0 Å². The maximum Gasteiger partial charge on any atom is 0.293 e. The van der Waals surface area contributed by atoms with Crippen LogP contribution in [-0.2, 0) is 11.3 Å². The van der Waals surface area contributed by atoms with Crippen LogP contribution in [0.5, 0.6) is 0 Å². The highest BCUT2D eigenvalue weighted by Crippen LogP contribution is 2.35. The second-order valence-corrected chi connectivity index (χ2v) is 7.93. The van der Waals surface area contributed by atoms with Crippen LogP contribution >= 0.6 is 23.4 Å². The molecule has 0 aliphatic carbocycles. The van der Waals surface area contributed by atoms with Gasteiger partial charge in [0.2, 0.25) is 0 Å². The molecule has 2 heterocycles. The van der Waals surface area contributed by atoms with Crippen LogP contribution in [0.4, 0.5) is 9.18 Å². The molecular weight excluding hydrogens is 413 g/mol. The number of hydrogen-bond acceptors (Lipinski definition) is 4. The van der Waals surface area contributed by atoms with Crippen LogP contribution in [0.2, 0.25) is 5.02 Å². The molecule has 0 N–H and O–H groups in total. The number of hydrogen-bond donors (Lipinski definition) is 0. The van der Waals surface area contributed by atoms with E-state index in [9.17, 15) is 14.0 Å². The zero-order chi connectivity index (χ0) is 20.5. The first kappa shape index (κ1) is 19.5. The third kappa shape index (κ3) is 3.99. The molecule has 0 spiro atoms. The van der Waals surface area contributed by atoms with Gasteiger partial charge in [-0.2, -0.15) is 0 Å². The third-order valence-corrected chi connectivity index (χ3v) is 5.83. The van der Waals surface area contributed by atoms with Crippen molar-refractivity contribution in [3.8, 4) is 11.3 Å². The maximum absolute atomic E-state index is 13.9. The lowest BCUT2D eigenvalue weighted by atomic mass is 10.1. The smallest absolute Gasteiger partial charge is 0.293 e. The van der Waals surface area contributed by atoms with Gasteiger partial charge in [-0.25, -0.2) is 4.39 Å². The molecule has 4 nitrogen and oxygen atoms in total. The van der Waals surface area contributed by atoms with E-state index >= 15 is 0 Å². The van der Waals surface area contributed by atoms with Crippen LogP contribution in [0.25, 0.3) is 17.4 Å².